The number of amides is 1. The van der Waals surface area contributed by atoms with Crippen LogP contribution < -0.4 is 5.32 Å². The third kappa shape index (κ3) is 3.05. The van der Waals surface area contributed by atoms with E-state index in [1.807, 2.05) is 6.07 Å². The first kappa shape index (κ1) is 24.3. The maximum absolute atomic E-state index is 13.6. The van der Waals surface area contributed by atoms with Gasteiger partial charge in [-0.3, -0.25) is 9.69 Å². The molecule has 3 heterocycles. The van der Waals surface area contributed by atoms with Crippen molar-refractivity contribution in [3.8, 4) is 5.75 Å². The van der Waals surface area contributed by atoms with Crippen LogP contribution in [0.5, 0.6) is 5.75 Å². The average Bonchev–Trinajstić information content (AvgIpc) is 3.24. The van der Waals surface area contributed by atoms with Gasteiger partial charge in [0, 0.05) is 30.6 Å². The summed E-state index contributed by atoms with van der Waals surface area (Å²) in [5.41, 5.74) is 3.44. The lowest BCUT2D eigenvalue weighted by Gasteiger charge is -2.66. The van der Waals surface area contributed by atoms with E-state index in [1.165, 1.54) is 62.7 Å². The van der Waals surface area contributed by atoms with Gasteiger partial charge in [0.25, 0.3) is 0 Å². The minimum atomic E-state index is 0. The molecule has 192 valence electrons. The second-order valence-electron chi connectivity index (χ2n) is 12.6. The molecule has 7 aliphatic rings. The Hall–Kier alpha value is -1.01. The number of hydrogen-bond acceptors (Lipinski definition) is 4. The molecule has 0 spiro atoms. The molecular formula is C28H39Cl2N3O2. The molecule has 3 aliphatic heterocycles. The number of carbonyl (C=O) groups is 1. The average molecular weight is 521 g/mol. The van der Waals surface area contributed by atoms with Crippen LogP contribution in [0, 0.1) is 23.2 Å². The number of phenolic OH excluding ortho intramolecular Hbond substituents is 1. The standard InChI is InChI=1S/C28H37N3O2.2ClH/c32-20-6-5-18-12-24-27-8-7-23-25(19(14-27)16-31(23)26(33)22-2-1-10-29-22)28(27,21(18)13-20)9-11-30(24)15-17-3-4-17;;/h5-6,13,17,19,22-25,29,32H,1-4,7-12,14-16H2;2*1H/t19-,22+,23-,24-,25-,27-,28+;;/m1../s1. The van der Waals surface area contributed by atoms with E-state index in [4.69, 9.17) is 0 Å². The number of likely N-dealkylation sites (tertiary alicyclic amines) is 2. The summed E-state index contributed by atoms with van der Waals surface area (Å²) in [4.78, 5) is 18.8. The summed E-state index contributed by atoms with van der Waals surface area (Å²) in [6.45, 7) is 4.46. The van der Waals surface area contributed by atoms with Crippen LogP contribution in [-0.4, -0.2) is 65.1 Å². The molecule has 35 heavy (non-hydrogen) atoms. The zero-order valence-corrected chi connectivity index (χ0v) is 22.1. The molecule has 4 aliphatic carbocycles. The fourth-order valence-electron chi connectivity index (χ4n) is 10.3. The van der Waals surface area contributed by atoms with Gasteiger partial charge >= 0.3 is 0 Å². The van der Waals surface area contributed by atoms with Gasteiger partial charge in [-0.05, 0) is 117 Å². The number of fused-ring (bicyclic) bond motifs is 1. The quantitative estimate of drug-likeness (QED) is 0.635. The summed E-state index contributed by atoms with van der Waals surface area (Å²) in [5.74, 6) is 2.94. The maximum atomic E-state index is 13.6. The van der Waals surface area contributed by atoms with Gasteiger partial charge < -0.3 is 15.3 Å². The van der Waals surface area contributed by atoms with E-state index in [9.17, 15) is 9.90 Å². The fraction of sp³-hybridized carbons (Fsp3) is 0.750. The van der Waals surface area contributed by atoms with Crippen molar-refractivity contribution in [1.82, 2.24) is 15.1 Å². The Morgan fingerprint density at radius 3 is 2.77 bits per heavy atom. The molecule has 0 radical (unpaired) electrons. The summed E-state index contributed by atoms with van der Waals surface area (Å²) in [6, 6.07) is 7.37. The molecule has 6 fully saturated rings. The normalized spacial score (nSPS) is 42.6. The first-order valence-electron chi connectivity index (χ1n) is 13.7. The number of phenols is 1. The highest BCUT2D eigenvalue weighted by Crippen LogP contribution is 2.75. The molecule has 5 nitrogen and oxygen atoms in total. The molecule has 3 saturated carbocycles. The third-order valence-electron chi connectivity index (χ3n) is 11.4. The Labute approximate surface area is 221 Å². The minimum absolute atomic E-state index is 0. The van der Waals surface area contributed by atoms with Gasteiger partial charge in [-0.25, -0.2) is 0 Å². The predicted molar refractivity (Wildman–Crippen MR) is 140 cm³/mol. The van der Waals surface area contributed by atoms with Gasteiger partial charge in [0.15, 0.2) is 0 Å². The lowest BCUT2D eigenvalue weighted by Crippen LogP contribution is -2.70. The lowest BCUT2D eigenvalue weighted by molar-refractivity contribution is -0.141. The number of carbonyl (C=O) groups excluding carboxylic acids is 1. The molecule has 8 rings (SSSR count). The van der Waals surface area contributed by atoms with Crippen molar-refractivity contribution in [3.05, 3.63) is 29.3 Å². The molecule has 1 aromatic carbocycles. The molecule has 7 heteroatoms. The molecule has 0 aromatic heterocycles. The minimum Gasteiger partial charge on any atom is -0.508 e. The highest BCUT2D eigenvalue weighted by molar-refractivity contribution is 5.85. The predicted octanol–water partition coefficient (Wildman–Crippen LogP) is 3.89. The van der Waals surface area contributed by atoms with Crippen LogP contribution >= 0.6 is 24.8 Å². The number of rotatable bonds is 3. The molecule has 3 saturated heterocycles. The maximum Gasteiger partial charge on any atom is 0.239 e. The van der Waals surface area contributed by atoms with Crippen molar-refractivity contribution >= 4 is 30.7 Å². The second-order valence-corrected chi connectivity index (χ2v) is 12.6. The first-order chi connectivity index (χ1) is 16.1. The van der Waals surface area contributed by atoms with E-state index in [1.54, 1.807) is 0 Å². The highest BCUT2D eigenvalue weighted by Gasteiger charge is 2.76. The SMILES string of the molecule is Cl.Cl.O=C([C@@H]1CCCN1)N1C[C@H]2C[C@@]34CC[C@@H]1[C@@H]2[C@@]31CCN(CC2CC2)[C@@H]4Cc2ccc(O)cc21. The molecule has 0 unspecified atom stereocenters. The summed E-state index contributed by atoms with van der Waals surface area (Å²) >= 11 is 0. The van der Waals surface area contributed by atoms with Crippen LogP contribution in [0.4, 0.5) is 0 Å². The Kier molecular flexibility index (Phi) is 5.73. The van der Waals surface area contributed by atoms with Gasteiger partial charge in [0.1, 0.15) is 5.75 Å². The van der Waals surface area contributed by atoms with Gasteiger partial charge in [0.2, 0.25) is 5.91 Å². The Morgan fingerprint density at radius 2 is 2.00 bits per heavy atom. The van der Waals surface area contributed by atoms with Gasteiger partial charge in [-0.15, -0.1) is 24.8 Å². The number of halogens is 2. The summed E-state index contributed by atoms with van der Waals surface area (Å²) < 4.78 is 0. The summed E-state index contributed by atoms with van der Waals surface area (Å²) in [5, 5.41) is 14.1. The number of aromatic hydroxyl groups is 1. The van der Waals surface area contributed by atoms with Crippen LogP contribution in [0.25, 0.3) is 0 Å². The van der Waals surface area contributed by atoms with Gasteiger partial charge in [0.05, 0.1) is 6.04 Å². The Balaban J connectivity index is 0.00000114. The number of nitrogens with one attached hydrogen (secondary N) is 1. The summed E-state index contributed by atoms with van der Waals surface area (Å²) in [7, 11) is 0. The highest BCUT2D eigenvalue weighted by atomic mass is 35.5. The molecule has 1 aromatic rings. The zero-order valence-electron chi connectivity index (χ0n) is 20.5. The Morgan fingerprint density at radius 1 is 1.14 bits per heavy atom. The smallest absolute Gasteiger partial charge is 0.239 e. The fourth-order valence-corrected chi connectivity index (χ4v) is 10.3. The van der Waals surface area contributed by atoms with Crippen molar-refractivity contribution in [1.29, 1.82) is 0 Å². The third-order valence-corrected chi connectivity index (χ3v) is 11.4. The van der Waals surface area contributed by atoms with E-state index in [0.717, 1.165) is 38.3 Å². The molecule has 4 bridgehead atoms. The zero-order chi connectivity index (χ0) is 21.9. The van der Waals surface area contributed by atoms with Crippen molar-refractivity contribution in [2.24, 2.45) is 23.2 Å². The lowest BCUT2D eigenvalue weighted by atomic mass is 9.43. The van der Waals surface area contributed by atoms with Crippen LogP contribution in [0.3, 0.4) is 0 Å². The number of hydrogen-bond donors (Lipinski definition) is 2. The summed E-state index contributed by atoms with van der Waals surface area (Å²) in [6.07, 6.45) is 11.1. The topological polar surface area (TPSA) is 55.8 Å². The van der Waals surface area contributed by atoms with Crippen molar-refractivity contribution < 1.29 is 9.90 Å². The first-order valence-corrected chi connectivity index (χ1v) is 13.7. The van der Waals surface area contributed by atoms with Crippen LogP contribution in [0.15, 0.2) is 18.2 Å². The van der Waals surface area contributed by atoms with Crippen LogP contribution in [-0.2, 0) is 16.6 Å². The largest absolute Gasteiger partial charge is 0.508 e. The second kappa shape index (κ2) is 8.24. The monoisotopic (exact) mass is 519 g/mol. The molecular weight excluding hydrogens is 481 g/mol. The van der Waals surface area contributed by atoms with E-state index in [0.29, 0.717) is 41.0 Å². The van der Waals surface area contributed by atoms with E-state index in [-0.39, 0.29) is 36.3 Å². The number of piperidine rings is 1. The van der Waals surface area contributed by atoms with Gasteiger partial charge in [-0.2, -0.15) is 0 Å². The molecule has 2 N–H and O–H groups in total. The Bertz CT molecular complexity index is 1030. The van der Waals surface area contributed by atoms with E-state index >= 15 is 0 Å². The number of benzene rings is 1. The van der Waals surface area contributed by atoms with E-state index < -0.39 is 0 Å². The van der Waals surface area contributed by atoms with Crippen LogP contribution in [0.1, 0.15) is 62.5 Å². The van der Waals surface area contributed by atoms with Crippen molar-refractivity contribution in [2.45, 2.75) is 81.3 Å². The van der Waals surface area contributed by atoms with Crippen molar-refractivity contribution in [2.75, 3.05) is 26.2 Å². The van der Waals surface area contributed by atoms with Crippen LogP contribution in [0.2, 0.25) is 0 Å². The number of nitrogens with zero attached hydrogens (tertiary/aromatic N) is 2. The molecule has 7 atom stereocenters. The van der Waals surface area contributed by atoms with Gasteiger partial charge in [-0.1, -0.05) is 6.07 Å². The van der Waals surface area contributed by atoms with E-state index in [2.05, 4.69) is 27.2 Å². The van der Waals surface area contributed by atoms with Crippen molar-refractivity contribution in [3.63, 3.8) is 0 Å². The molecule has 1 amide bonds.